The third-order valence-electron chi connectivity index (χ3n) is 8.42. The number of carbonyl (C=O) groups excluding carboxylic acids is 2. The number of ether oxygens (including phenoxy) is 1. The molecule has 38 heavy (non-hydrogen) atoms. The smallest absolute Gasteiger partial charge is 0.259 e. The average Bonchev–Trinajstić information content (AvgIpc) is 3.38. The van der Waals surface area contributed by atoms with Crippen molar-refractivity contribution in [1.82, 2.24) is 24.0 Å². The van der Waals surface area contributed by atoms with Crippen LogP contribution in [0.3, 0.4) is 0 Å². The van der Waals surface area contributed by atoms with Crippen LogP contribution >= 0.6 is 11.6 Å². The summed E-state index contributed by atoms with van der Waals surface area (Å²) in [4.78, 5) is 35.0. The van der Waals surface area contributed by atoms with Crippen LogP contribution in [0.5, 0.6) is 0 Å². The lowest BCUT2D eigenvalue weighted by molar-refractivity contribution is -0.153. The van der Waals surface area contributed by atoms with Gasteiger partial charge in [0.05, 0.1) is 25.2 Å². The van der Waals surface area contributed by atoms with Crippen molar-refractivity contribution < 1.29 is 22.7 Å². The highest BCUT2D eigenvalue weighted by atomic mass is 35.5. The molecular formula is C25H35ClN6O5S. The number of halogens is 1. The Balaban J connectivity index is 1.45. The summed E-state index contributed by atoms with van der Waals surface area (Å²) in [6.45, 7) is 4.79. The summed E-state index contributed by atoms with van der Waals surface area (Å²) in [5, 5.41) is 1.19. The number of nitrogens with zero attached hydrogens (tertiary/aromatic N) is 4. The van der Waals surface area contributed by atoms with Gasteiger partial charge in [0, 0.05) is 48.2 Å². The number of carbonyl (C=O) groups is 2. The van der Waals surface area contributed by atoms with E-state index in [9.17, 15) is 18.0 Å². The van der Waals surface area contributed by atoms with E-state index in [-0.39, 0.29) is 36.5 Å². The summed E-state index contributed by atoms with van der Waals surface area (Å²) in [6, 6.07) is 6.65. The highest BCUT2D eigenvalue weighted by molar-refractivity contribution is 7.89. The third-order valence-corrected chi connectivity index (χ3v) is 10.4. The van der Waals surface area contributed by atoms with Gasteiger partial charge in [-0.05, 0) is 58.0 Å². The Labute approximate surface area is 227 Å². The van der Waals surface area contributed by atoms with Crippen LogP contribution in [-0.2, 0) is 24.3 Å². The number of likely N-dealkylation sites (N-methyl/N-ethyl adjacent to an activating group) is 1. The van der Waals surface area contributed by atoms with Crippen molar-refractivity contribution in [3.63, 3.8) is 0 Å². The van der Waals surface area contributed by atoms with Crippen LogP contribution < -0.4 is 5.73 Å². The Morgan fingerprint density at radius 2 is 1.89 bits per heavy atom. The Kier molecular flexibility index (Phi) is 6.60. The van der Waals surface area contributed by atoms with Crippen LogP contribution in [0.4, 0.5) is 0 Å². The van der Waals surface area contributed by atoms with Crippen molar-refractivity contribution >= 4 is 44.3 Å². The molecule has 1 atom stereocenters. The topological polar surface area (TPSA) is 132 Å². The van der Waals surface area contributed by atoms with E-state index in [4.69, 9.17) is 22.1 Å². The second-order valence-electron chi connectivity index (χ2n) is 11.3. The Hall–Kier alpha value is -2.22. The van der Waals surface area contributed by atoms with Crippen molar-refractivity contribution in [2.75, 3.05) is 53.5 Å². The van der Waals surface area contributed by atoms with Crippen molar-refractivity contribution in [1.29, 1.82) is 0 Å². The number of hydrogen-bond acceptors (Lipinski definition) is 7. The van der Waals surface area contributed by atoms with E-state index >= 15 is 0 Å². The lowest BCUT2D eigenvalue weighted by Crippen LogP contribution is -2.70. The van der Waals surface area contributed by atoms with E-state index in [1.807, 2.05) is 7.05 Å². The zero-order chi connectivity index (χ0) is 27.7. The molecule has 11 nitrogen and oxygen atoms in total. The normalized spacial score (nSPS) is 24.9. The molecule has 2 aromatic rings. The molecule has 0 aliphatic carbocycles. The van der Waals surface area contributed by atoms with Gasteiger partial charge in [0.25, 0.3) is 10.0 Å². The number of hydrogen-bond donors (Lipinski definition) is 2. The van der Waals surface area contributed by atoms with E-state index < -0.39 is 26.8 Å². The Morgan fingerprint density at radius 1 is 1.21 bits per heavy atom. The number of nitrogens with two attached hydrogens (primary N) is 1. The van der Waals surface area contributed by atoms with Gasteiger partial charge < -0.3 is 25.3 Å². The number of piperidine rings is 1. The lowest BCUT2D eigenvalue weighted by Gasteiger charge is -2.50. The molecule has 3 N–H and O–H groups in total. The molecule has 3 saturated heterocycles. The molecule has 1 aromatic carbocycles. The minimum absolute atomic E-state index is 0.00941. The number of rotatable bonds is 5. The minimum Gasteiger partial charge on any atom is -0.381 e. The van der Waals surface area contributed by atoms with Gasteiger partial charge in [-0.25, -0.2) is 8.42 Å². The number of methoxy groups -OCH3 is 1. The van der Waals surface area contributed by atoms with Gasteiger partial charge in [0.1, 0.15) is 10.7 Å². The van der Waals surface area contributed by atoms with Gasteiger partial charge in [-0.3, -0.25) is 14.5 Å². The monoisotopic (exact) mass is 566 g/mol. The van der Waals surface area contributed by atoms with Crippen LogP contribution in [0.25, 0.3) is 10.9 Å². The average molecular weight is 567 g/mol. The van der Waals surface area contributed by atoms with E-state index in [1.165, 1.54) is 4.31 Å². The maximum atomic E-state index is 13.8. The molecule has 13 heteroatoms. The molecule has 2 amide bonds. The molecule has 4 heterocycles. The van der Waals surface area contributed by atoms with Crippen molar-refractivity contribution in [3.8, 4) is 0 Å². The first-order valence-electron chi connectivity index (χ1n) is 12.6. The second-order valence-corrected chi connectivity index (χ2v) is 13.7. The van der Waals surface area contributed by atoms with Gasteiger partial charge in [-0.2, -0.15) is 4.31 Å². The van der Waals surface area contributed by atoms with Crippen LogP contribution in [-0.4, -0.2) is 114 Å². The van der Waals surface area contributed by atoms with Crippen LogP contribution in [0.1, 0.15) is 26.7 Å². The number of aromatic amines is 1. The number of piperazine rings is 1. The summed E-state index contributed by atoms with van der Waals surface area (Å²) in [6.07, 6.45) is 1.27. The van der Waals surface area contributed by atoms with Crippen LogP contribution in [0, 0.1) is 0 Å². The molecular weight excluding hydrogens is 532 g/mol. The second kappa shape index (κ2) is 9.17. The minimum atomic E-state index is -4.03. The predicted octanol–water partition coefficient (Wildman–Crippen LogP) is 1.04. The summed E-state index contributed by atoms with van der Waals surface area (Å²) >= 11 is 6.09. The van der Waals surface area contributed by atoms with Gasteiger partial charge >= 0.3 is 0 Å². The number of aromatic nitrogens is 1. The number of amides is 2. The molecule has 0 saturated carbocycles. The highest BCUT2D eigenvalue weighted by Crippen LogP contribution is 2.45. The molecule has 0 radical (unpaired) electrons. The van der Waals surface area contributed by atoms with E-state index in [0.29, 0.717) is 48.4 Å². The highest BCUT2D eigenvalue weighted by Gasteiger charge is 2.63. The van der Waals surface area contributed by atoms with E-state index in [2.05, 4.69) is 9.88 Å². The zero-order valence-electron chi connectivity index (χ0n) is 22.2. The molecule has 3 aliphatic rings. The Bertz CT molecular complexity index is 1380. The van der Waals surface area contributed by atoms with Crippen molar-refractivity contribution in [2.24, 2.45) is 5.73 Å². The fourth-order valence-corrected chi connectivity index (χ4v) is 7.89. The summed E-state index contributed by atoms with van der Waals surface area (Å²) in [5.74, 6) is -0.383. The zero-order valence-corrected chi connectivity index (χ0v) is 23.7. The number of likely N-dealkylation sites (tertiary alicyclic amines) is 1. The number of fused-ring (bicyclic) bond motifs is 2. The predicted molar refractivity (Wildman–Crippen MR) is 143 cm³/mol. The number of sulfonamides is 1. The third kappa shape index (κ3) is 4.22. The first kappa shape index (κ1) is 27.4. The van der Waals surface area contributed by atoms with E-state index in [1.54, 1.807) is 55.0 Å². The van der Waals surface area contributed by atoms with Crippen molar-refractivity contribution in [3.05, 3.63) is 29.3 Å². The van der Waals surface area contributed by atoms with Gasteiger partial charge in [-0.1, -0.05) is 11.6 Å². The van der Waals surface area contributed by atoms with Crippen LogP contribution in [0.15, 0.2) is 29.3 Å². The van der Waals surface area contributed by atoms with Crippen LogP contribution in [0.2, 0.25) is 5.02 Å². The molecule has 1 spiro atoms. The number of benzene rings is 1. The quantitative estimate of drug-likeness (QED) is 0.552. The SMILES string of the molecule is COCC12CN(S(=O)(=O)c3cc4cc(Cl)ccc4[nH]3)CC(=O)N1CC1(CCN(C(=O)C(C)(C)N)CC1)N2C. The molecule has 3 fully saturated rings. The lowest BCUT2D eigenvalue weighted by atomic mass is 9.85. The maximum absolute atomic E-state index is 13.8. The first-order chi connectivity index (χ1) is 17.7. The molecule has 208 valence electrons. The molecule has 5 rings (SSSR count). The Morgan fingerprint density at radius 3 is 2.53 bits per heavy atom. The molecule has 1 aromatic heterocycles. The van der Waals surface area contributed by atoms with E-state index in [0.717, 1.165) is 0 Å². The largest absolute Gasteiger partial charge is 0.381 e. The first-order valence-corrected chi connectivity index (χ1v) is 14.5. The van der Waals surface area contributed by atoms with Gasteiger partial charge in [0.2, 0.25) is 11.8 Å². The molecule has 0 bridgehead atoms. The van der Waals surface area contributed by atoms with Gasteiger partial charge in [0.15, 0.2) is 0 Å². The summed E-state index contributed by atoms with van der Waals surface area (Å²) < 4.78 is 34.4. The standard InChI is InChI=1S/C25H35ClN6O5S/c1-23(2,27)22(34)30-9-7-24(8-10-30)14-32-21(33)13-31(15-25(32,16-37-4)29(24)3)38(35,36)20-12-17-11-18(26)5-6-19(17)28-20/h5-6,11-12,28H,7-10,13-16,27H2,1-4H3. The number of nitrogens with one attached hydrogen (secondary N) is 1. The summed E-state index contributed by atoms with van der Waals surface area (Å²) in [7, 11) is -0.549. The fourth-order valence-electron chi connectivity index (χ4n) is 6.26. The molecule has 1 unspecified atom stereocenters. The van der Waals surface area contributed by atoms with Crippen molar-refractivity contribution in [2.45, 2.75) is 48.5 Å². The fraction of sp³-hybridized carbons (Fsp3) is 0.600. The molecule has 3 aliphatic heterocycles. The van der Waals surface area contributed by atoms with Gasteiger partial charge in [-0.15, -0.1) is 0 Å². The summed E-state index contributed by atoms with van der Waals surface area (Å²) in [5.41, 5.74) is 4.34. The maximum Gasteiger partial charge on any atom is 0.259 e. The number of H-pyrrole nitrogens is 1.